The first kappa shape index (κ1) is 19.4. The van der Waals surface area contributed by atoms with Crippen LogP contribution < -0.4 is 11.1 Å². The molecule has 20 heavy (non-hydrogen) atoms. The summed E-state index contributed by atoms with van der Waals surface area (Å²) in [5.74, 6) is 0.471. The van der Waals surface area contributed by atoms with Gasteiger partial charge >= 0.3 is 0 Å². The Bertz CT molecular complexity index is 281. The number of rotatable bonds is 11. The largest absolute Gasteiger partial charge is 0.368 e. The molecule has 3 N–H and O–H groups in total. The number of primary amides is 1. The lowest BCUT2D eigenvalue weighted by atomic mass is 9.94. The second-order valence-corrected chi connectivity index (χ2v) is 6.69. The number of nitrogens with zero attached hydrogens (tertiary/aromatic N) is 1. The molecule has 1 amide bonds. The molecule has 0 aliphatic heterocycles. The lowest BCUT2D eigenvalue weighted by Crippen LogP contribution is -2.53. The second kappa shape index (κ2) is 9.35. The second-order valence-electron chi connectivity index (χ2n) is 6.69. The van der Waals surface area contributed by atoms with Crippen molar-refractivity contribution in [3.05, 3.63) is 0 Å². The molecular weight excluding hydrogens is 250 g/mol. The predicted octanol–water partition coefficient (Wildman–Crippen LogP) is 2.38. The van der Waals surface area contributed by atoms with Crippen LogP contribution >= 0.6 is 0 Å². The smallest absolute Gasteiger partial charge is 0.237 e. The van der Waals surface area contributed by atoms with Crippen LogP contribution in [-0.4, -0.2) is 42.5 Å². The summed E-state index contributed by atoms with van der Waals surface area (Å²) in [6.45, 7) is 12.6. The zero-order valence-electron chi connectivity index (χ0n) is 14.3. The van der Waals surface area contributed by atoms with Crippen molar-refractivity contribution in [2.45, 2.75) is 71.9 Å². The number of hydrogen-bond acceptors (Lipinski definition) is 3. The number of nitrogens with two attached hydrogens (primary N) is 1. The fourth-order valence-corrected chi connectivity index (χ4v) is 2.46. The number of carbonyl (C=O) groups is 1. The van der Waals surface area contributed by atoms with Gasteiger partial charge in [0.2, 0.25) is 5.91 Å². The van der Waals surface area contributed by atoms with Gasteiger partial charge in [0.1, 0.15) is 0 Å². The fourth-order valence-electron chi connectivity index (χ4n) is 2.46. The number of amides is 1. The minimum Gasteiger partial charge on any atom is -0.368 e. The molecule has 0 rings (SSSR count). The molecule has 0 aromatic rings. The molecular formula is C16H35N3O. The van der Waals surface area contributed by atoms with Gasteiger partial charge in [0.05, 0.1) is 5.54 Å². The van der Waals surface area contributed by atoms with Crippen LogP contribution in [0.2, 0.25) is 0 Å². The van der Waals surface area contributed by atoms with Gasteiger partial charge in [-0.15, -0.1) is 0 Å². The molecule has 4 heteroatoms. The van der Waals surface area contributed by atoms with Gasteiger partial charge in [0, 0.05) is 6.04 Å². The Labute approximate surface area is 125 Å². The van der Waals surface area contributed by atoms with E-state index in [0.717, 1.165) is 38.3 Å². The molecule has 0 aromatic heterocycles. The Kier molecular flexibility index (Phi) is 9.06. The summed E-state index contributed by atoms with van der Waals surface area (Å²) in [7, 11) is 2.16. The summed E-state index contributed by atoms with van der Waals surface area (Å²) >= 11 is 0. The summed E-state index contributed by atoms with van der Waals surface area (Å²) in [4.78, 5) is 14.0. The van der Waals surface area contributed by atoms with E-state index in [1.807, 2.05) is 6.92 Å². The van der Waals surface area contributed by atoms with Gasteiger partial charge in [-0.05, 0) is 65.6 Å². The minimum absolute atomic E-state index is 0.246. The van der Waals surface area contributed by atoms with E-state index in [1.165, 1.54) is 6.42 Å². The monoisotopic (exact) mass is 285 g/mol. The first-order chi connectivity index (χ1) is 9.23. The fraction of sp³-hybridized carbons (Fsp3) is 0.938. The van der Waals surface area contributed by atoms with Crippen LogP contribution in [0.5, 0.6) is 0 Å². The maximum absolute atomic E-state index is 11.6. The molecule has 0 fully saturated rings. The van der Waals surface area contributed by atoms with Crippen LogP contribution in [0, 0.1) is 5.92 Å². The Morgan fingerprint density at radius 1 is 1.35 bits per heavy atom. The van der Waals surface area contributed by atoms with Crippen molar-refractivity contribution in [1.29, 1.82) is 0 Å². The van der Waals surface area contributed by atoms with Crippen molar-refractivity contribution in [3.8, 4) is 0 Å². The lowest BCUT2D eigenvalue weighted by Gasteiger charge is -2.30. The van der Waals surface area contributed by atoms with Crippen LogP contribution in [0.25, 0.3) is 0 Å². The van der Waals surface area contributed by atoms with Crippen LogP contribution in [0.15, 0.2) is 0 Å². The summed E-state index contributed by atoms with van der Waals surface area (Å²) in [6, 6.07) is 0.582. The summed E-state index contributed by atoms with van der Waals surface area (Å²) in [6.07, 6.45) is 3.99. The van der Waals surface area contributed by atoms with E-state index in [0.29, 0.717) is 6.04 Å². The highest BCUT2D eigenvalue weighted by Crippen LogP contribution is 2.15. The third kappa shape index (κ3) is 7.25. The van der Waals surface area contributed by atoms with Crippen LogP contribution in [0.3, 0.4) is 0 Å². The molecule has 2 unspecified atom stereocenters. The summed E-state index contributed by atoms with van der Waals surface area (Å²) in [5.41, 5.74) is 4.97. The normalized spacial score (nSPS) is 16.4. The van der Waals surface area contributed by atoms with E-state index < -0.39 is 5.54 Å². The molecule has 0 radical (unpaired) electrons. The van der Waals surface area contributed by atoms with Crippen molar-refractivity contribution in [1.82, 2.24) is 10.2 Å². The molecule has 120 valence electrons. The minimum atomic E-state index is -0.571. The van der Waals surface area contributed by atoms with Crippen LogP contribution in [-0.2, 0) is 4.79 Å². The van der Waals surface area contributed by atoms with E-state index >= 15 is 0 Å². The van der Waals surface area contributed by atoms with Crippen LogP contribution in [0.4, 0.5) is 0 Å². The molecule has 0 spiro atoms. The zero-order valence-corrected chi connectivity index (χ0v) is 14.3. The third-order valence-electron chi connectivity index (χ3n) is 4.06. The molecule has 0 aromatic carbocycles. The van der Waals surface area contributed by atoms with Gasteiger partial charge in [-0.2, -0.15) is 0 Å². The maximum atomic E-state index is 11.6. The van der Waals surface area contributed by atoms with Gasteiger partial charge in [0.25, 0.3) is 0 Å². The van der Waals surface area contributed by atoms with E-state index in [2.05, 4.69) is 45.0 Å². The zero-order chi connectivity index (χ0) is 15.8. The van der Waals surface area contributed by atoms with Crippen molar-refractivity contribution < 1.29 is 4.79 Å². The molecule has 0 aliphatic carbocycles. The van der Waals surface area contributed by atoms with Gasteiger partial charge in [-0.1, -0.05) is 20.8 Å². The first-order valence-corrected chi connectivity index (χ1v) is 7.98. The van der Waals surface area contributed by atoms with Gasteiger partial charge in [-0.25, -0.2) is 0 Å². The SMILES string of the molecule is CCCNC(C)(CCCN(C)C(C)CC(C)C)C(N)=O. The van der Waals surface area contributed by atoms with E-state index in [4.69, 9.17) is 5.73 Å². The van der Waals surface area contributed by atoms with Crippen molar-refractivity contribution in [2.24, 2.45) is 11.7 Å². The number of nitrogens with one attached hydrogen (secondary N) is 1. The third-order valence-corrected chi connectivity index (χ3v) is 4.06. The molecule has 0 aliphatic rings. The number of hydrogen-bond donors (Lipinski definition) is 2. The Morgan fingerprint density at radius 2 is 1.95 bits per heavy atom. The Morgan fingerprint density at radius 3 is 2.40 bits per heavy atom. The van der Waals surface area contributed by atoms with Gasteiger partial charge in [0.15, 0.2) is 0 Å². The van der Waals surface area contributed by atoms with Crippen molar-refractivity contribution in [3.63, 3.8) is 0 Å². The number of carbonyl (C=O) groups excluding carboxylic acids is 1. The van der Waals surface area contributed by atoms with Gasteiger partial charge < -0.3 is 16.0 Å². The lowest BCUT2D eigenvalue weighted by molar-refractivity contribution is -0.124. The summed E-state index contributed by atoms with van der Waals surface area (Å²) in [5, 5.41) is 3.29. The molecule has 2 atom stereocenters. The standard InChI is InChI=1S/C16H35N3O/c1-7-10-18-16(5,15(17)20)9-8-11-19(6)14(4)12-13(2)3/h13-14,18H,7-12H2,1-6H3,(H2,17,20). The average Bonchev–Trinajstić information content (AvgIpc) is 2.35. The Balaban J connectivity index is 4.20. The first-order valence-electron chi connectivity index (χ1n) is 7.98. The van der Waals surface area contributed by atoms with Crippen molar-refractivity contribution in [2.75, 3.05) is 20.1 Å². The van der Waals surface area contributed by atoms with E-state index in [1.54, 1.807) is 0 Å². The molecule has 0 bridgehead atoms. The average molecular weight is 285 g/mol. The highest BCUT2D eigenvalue weighted by atomic mass is 16.1. The molecule has 4 nitrogen and oxygen atoms in total. The van der Waals surface area contributed by atoms with E-state index in [-0.39, 0.29) is 5.91 Å². The highest BCUT2D eigenvalue weighted by molar-refractivity contribution is 5.84. The van der Waals surface area contributed by atoms with E-state index in [9.17, 15) is 4.79 Å². The molecule has 0 heterocycles. The van der Waals surface area contributed by atoms with Crippen molar-refractivity contribution >= 4 is 5.91 Å². The van der Waals surface area contributed by atoms with Crippen LogP contribution in [0.1, 0.15) is 60.3 Å². The maximum Gasteiger partial charge on any atom is 0.237 e. The Hall–Kier alpha value is -0.610. The predicted molar refractivity (Wildman–Crippen MR) is 86.7 cm³/mol. The molecule has 0 saturated carbocycles. The topological polar surface area (TPSA) is 58.4 Å². The molecule has 0 saturated heterocycles. The van der Waals surface area contributed by atoms with Gasteiger partial charge in [-0.3, -0.25) is 4.79 Å². The summed E-state index contributed by atoms with van der Waals surface area (Å²) < 4.78 is 0. The quantitative estimate of drug-likeness (QED) is 0.613. The highest BCUT2D eigenvalue weighted by Gasteiger charge is 2.29.